The van der Waals surface area contributed by atoms with E-state index >= 15 is 0 Å². The molecule has 0 atom stereocenters. The van der Waals surface area contributed by atoms with E-state index in [0.29, 0.717) is 6.54 Å². The van der Waals surface area contributed by atoms with E-state index in [1.54, 1.807) is 0 Å². The standard InChI is InChI=1S/C7H10FN/c1-5(2)6-3-4-9-7(6)8/h3,5H,4H2,1-2H3. The zero-order valence-corrected chi connectivity index (χ0v) is 5.69. The Labute approximate surface area is 54.3 Å². The Kier molecular flexibility index (Phi) is 1.65. The molecular formula is C7H10FN. The molecule has 0 aliphatic carbocycles. The molecule has 0 saturated heterocycles. The largest absolute Gasteiger partial charge is 0.254 e. The molecule has 0 aromatic heterocycles. The molecule has 0 aromatic carbocycles. The van der Waals surface area contributed by atoms with Gasteiger partial charge in [0.2, 0.25) is 5.97 Å². The molecule has 0 amide bonds. The van der Waals surface area contributed by atoms with Crippen molar-refractivity contribution < 1.29 is 4.39 Å². The fourth-order valence-corrected chi connectivity index (χ4v) is 0.874. The zero-order chi connectivity index (χ0) is 6.85. The van der Waals surface area contributed by atoms with Crippen LogP contribution in [0.15, 0.2) is 16.6 Å². The molecule has 1 aliphatic heterocycles. The maximum absolute atomic E-state index is 12.5. The Morgan fingerprint density at radius 2 is 2.33 bits per heavy atom. The molecule has 0 unspecified atom stereocenters. The minimum Gasteiger partial charge on any atom is -0.254 e. The molecule has 9 heavy (non-hydrogen) atoms. The molecule has 0 radical (unpaired) electrons. The van der Waals surface area contributed by atoms with Gasteiger partial charge in [-0.1, -0.05) is 19.9 Å². The normalized spacial score (nSPS) is 18.2. The van der Waals surface area contributed by atoms with E-state index in [2.05, 4.69) is 4.99 Å². The molecule has 0 spiro atoms. The van der Waals surface area contributed by atoms with Crippen molar-refractivity contribution in [1.29, 1.82) is 0 Å². The smallest absolute Gasteiger partial charge is 0.211 e. The molecule has 0 N–H and O–H groups in total. The van der Waals surface area contributed by atoms with Gasteiger partial charge in [-0.3, -0.25) is 4.99 Å². The molecule has 0 aromatic rings. The lowest BCUT2D eigenvalue weighted by Gasteiger charge is -2.01. The van der Waals surface area contributed by atoms with Crippen molar-refractivity contribution >= 4 is 5.97 Å². The van der Waals surface area contributed by atoms with Crippen molar-refractivity contribution in [1.82, 2.24) is 0 Å². The Morgan fingerprint density at radius 1 is 1.67 bits per heavy atom. The summed E-state index contributed by atoms with van der Waals surface area (Å²) in [5.41, 5.74) is 0.759. The molecule has 1 aliphatic rings. The second kappa shape index (κ2) is 2.29. The number of hydrogen-bond donors (Lipinski definition) is 0. The van der Waals surface area contributed by atoms with Crippen LogP contribution in [0, 0.1) is 5.92 Å². The summed E-state index contributed by atoms with van der Waals surface area (Å²) in [4.78, 5) is 3.60. The lowest BCUT2D eigenvalue weighted by molar-refractivity contribution is 0.741. The number of allylic oxidation sites excluding steroid dienone is 1. The van der Waals surface area contributed by atoms with Gasteiger partial charge in [0, 0.05) is 5.57 Å². The summed E-state index contributed by atoms with van der Waals surface area (Å²) >= 11 is 0. The van der Waals surface area contributed by atoms with Gasteiger partial charge in [-0.25, -0.2) is 0 Å². The Balaban J connectivity index is 2.72. The highest BCUT2D eigenvalue weighted by atomic mass is 19.1. The first kappa shape index (κ1) is 6.46. The molecule has 1 rings (SSSR count). The van der Waals surface area contributed by atoms with Crippen LogP contribution in [-0.4, -0.2) is 12.5 Å². The molecule has 0 fully saturated rings. The minimum atomic E-state index is -0.273. The van der Waals surface area contributed by atoms with E-state index in [4.69, 9.17) is 0 Å². The van der Waals surface area contributed by atoms with E-state index in [-0.39, 0.29) is 11.9 Å². The van der Waals surface area contributed by atoms with Crippen molar-refractivity contribution in [2.45, 2.75) is 13.8 Å². The second-order valence-electron chi connectivity index (χ2n) is 2.45. The van der Waals surface area contributed by atoms with Gasteiger partial charge in [0.05, 0.1) is 6.54 Å². The highest BCUT2D eigenvalue weighted by Gasteiger charge is 2.13. The Hall–Kier alpha value is -0.660. The average Bonchev–Trinajstić information content (AvgIpc) is 2.13. The third kappa shape index (κ3) is 1.18. The first-order valence-electron chi connectivity index (χ1n) is 3.12. The maximum Gasteiger partial charge on any atom is 0.211 e. The summed E-state index contributed by atoms with van der Waals surface area (Å²) in [5, 5.41) is 0. The predicted molar refractivity (Wildman–Crippen MR) is 36.3 cm³/mol. The van der Waals surface area contributed by atoms with Gasteiger partial charge in [-0.05, 0) is 5.92 Å². The molecule has 1 nitrogen and oxygen atoms in total. The molecule has 1 heterocycles. The number of hydrogen-bond acceptors (Lipinski definition) is 1. The summed E-state index contributed by atoms with van der Waals surface area (Å²) in [6.07, 6.45) is 1.83. The second-order valence-corrected chi connectivity index (χ2v) is 2.45. The molecular weight excluding hydrogens is 117 g/mol. The summed E-state index contributed by atoms with van der Waals surface area (Å²) in [6.45, 7) is 4.46. The van der Waals surface area contributed by atoms with Crippen LogP contribution >= 0.6 is 0 Å². The van der Waals surface area contributed by atoms with Crippen LogP contribution in [0.5, 0.6) is 0 Å². The lowest BCUT2D eigenvalue weighted by atomic mass is 10.1. The molecule has 0 bridgehead atoms. The van der Waals surface area contributed by atoms with Crippen LogP contribution < -0.4 is 0 Å². The SMILES string of the molecule is CC(C)C1=CCN=C1F. The van der Waals surface area contributed by atoms with Crippen molar-refractivity contribution in [2.24, 2.45) is 10.9 Å². The average molecular weight is 127 g/mol. The van der Waals surface area contributed by atoms with Crippen LogP contribution in [0.25, 0.3) is 0 Å². The zero-order valence-electron chi connectivity index (χ0n) is 5.69. The first-order chi connectivity index (χ1) is 4.22. The highest BCUT2D eigenvalue weighted by molar-refractivity contribution is 5.94. The maximum atomic E-state index is 12.5. The lowest BCUT2D eigenvalue weighted by Crippen LogP contribution is -1.98. The van der Waals surface area contributed by atoms with Gasteiger partial charge in [0.15, 0.2) is 0 Å². The number of aliphatic imine (C=N–C) groups is 1. The molecule has 0 saturated carbocycles. The first-order valence-corrected chi connectivity index (χ1v) is 3.12. The topological polar surface area (TPSA) is 12.4 Å². The van der Waals surface area contributed by atoms with Crippen molar-refractivity contribution in [2.75, 3.05) is 6.54 Å². The van der Waals surface area contributed by atoms with Crippen molar-refractivity contribution in [3.63, 3.8) is 0 Å². The van der Waals surface area contributed by atoms with Gasteiger partial charge in [-0.2, -0.15) is 4.39 Å². The fourth-order valence-electron chi connectivity index (χ4n) is 0.874. The van der Waals surface area contributed by atoms with E-state index in [0.717, 1.165) is 5.57 Å². The third-order valence-corrected chi connectivity index (χ3v) is 1.40. The van der Waals surface area contributed by atoms with Crippen LogP contribution in [0.2, 0.25) is 0 Å². The minimum absolute atomic E-state index is 0.273. The summed E-state index contributed by atoms with van der Waals surface area (Å²) in [7, 11) is 0. The van der Waals surface area contributed by atoms with Crippen LogP contribution in [0.1, 0.15) is 13.8 Å². The van der Waals surface area contributed by atoms with E-state index in [9.17, 15) is 4.39 Å². The summed E-state index contributed by atoms with van der Waals surface area (Å²) in [5.74, 6) is 0.00116. The van der Waals surface area contributed by atoms with E-state index < -0.39 is 0 Å². The molecule has 50 valence electrons. The van der Waals surface area contributed by atoms with E-state index in [1.165, 1.54) is 0 Å². The number of rotatable bonds is 1. The number of halogens is 1. The Bertz CT molecular complexity index is 168. The monoisotopic (exact) mass is 127 g/mol. The quantitative estimate of drug-likeness (QED) is 0.510. The van der Waals surface area contributed by atoms with Crippen LogP contribution in [-0.2, 0) is 0 Å². The summed E-state index contributed by atoms with van der Waals surface area (Å²) < 4.78 is 12.5. The van der Waals surface area contributed by atoms with Gasteiger partial charge in [0.25, 0.3) is 0 Å². The number of nitrogens with zero attached hydrogens (tertiary/aromatic N) is 1. The Morgan fingerprint density at radius 3 is 2.56 bits per heavy atom. The predicted octanol–water partition coefficient (Wildman–Crippen LogP) is 1.95. The van der Waals surface area contributed by atoms with Gasteiger partial charge >= 0.3 is 0 Å². The van der Waals surface area contributed by atoms with Crippen molar-refractivity contribution in [3.8, 4) is 0 Å². The third-order valence-electron chi connectivity index (χ3n) is 1.40. The van der Waals surface area contributed by atoms with Crippen LogP contribution in [0.4, 0.5) is 4.39 Å². The summed E-state index contributed by atoms with van der Waals surface area (Å²) in [6, 6.07) is 0. The van der Waals surface area contributed by atoms with Crippen molar-refractivity contribution in [3.05, 3.63) is 11.6 Å². The van der Waals surface area contributed by atoms with Gasteiger partial charge in [-0.15, -0.1) is 0 Å². The van der Waals surface area contributed by atoms with E-state index in [1.807, 2.05) is 19.9 Å². The van der Waals surface area contributed by atoms with Gasteiger partial charge < -0.3 is 0 Å². The highest BCUT2D eigenvalue weighted by Crippen LogP contribution is 2.16. The fraction of sp³-hybridized carbons (Fsp3) is 0.571. The van der Waals surface area contributed by atoms with Gasteiger partial charge in [0.1, 0.15) is 0 Å². The van der Waals surface area contributed by atoms with Crippen LogP contribution in [0.3, 0.4) is 0 Å². The molecule has 2 heteroatoms.